The highest BCUT2D eigenvalue weighted by Gasteiger charge is 2.14. The van der Waals surface area contributed by atoms with E-state index in [1.807, 2.05) is 30.3 Å². The largest absolute Gasteiger partial charge is 0.381 e. The molecule has 3 rings (SSSR count). The smallest absolute Gasteiger partial charge is 0.253 e. The third-order valence-electron chi connectivity index (χ3n) is 4.34. The van der Waals surface area contributed by atoms with E-state index in [1.54, 1.807) is 12.4 Å². The van der Waals surface area contributed by atoms with Crippen LogP contribution in [-0.4, -0.2) is 16.9 Å². The molecule has 0 radical (unpaired) electrons. The van der Waals surface area contributed by atoms with Crippen LogP contribution in [0.1, 0.15) is 48.0 Å². The lowest BCUT2D eigenvalue weighted by molar-refractivity contribution is 0.0950. The molecule has 126 valence electrons. The predicted molar refractivity (Wildman–Crippen MR) is 97.4 cm³/mol. The molecule has 0 saturated heterocycles. The van der Waals surface area contributed by atoms with Gasteiger partial charge < -0.3 is 10.6 Å². The summed E-state index contributed by atoms with van der Waals surface area (Å²) in [5, 5.41) is 7.11. The fourth-order valence-electron chi connectivity index (χ4n) is 3.01. The molecule has 1 aliphatic carbocycles. The number of carbonyl (C=O) groups is 1. The fourth-order valence-corrected chi connectivity index (χ4v) is 3.14. The van der Waals surface area contributed by atoms with Crippen LogP contribution in [0.3, 0.4) is 0 Å². The van der Waals surface area contributed by atoms with Crippen molar-refractivity contribution in [3.63, 3.8) is 0 Å². The van der Waals surface area contributed by atoms with Crippen molar-refractivity contribution in [2.24, 2.45) is 0 Å². The minimum atomic E-state index is -0.121. The van der Waals surface area contributed by atoms with Crippen LogP contribution in [0.2, 0.25) is 5.02 Å². The van der Waals surface area contributed by atoms with Crippen LogP contribution >= 0.6 is 11.6 Å². The van der Waals surface area contributed by atoms with Crippen LogP contribution in [0.5, 0.6) is 0 Å². The van der Waals surface area contributed by atoms with Gasteiger partial charge in [-0.15, -0.1) is 0 Å². The number of aromatic nitrogens is 1. The zero-order valence-corrected chi connectivity index (χ0v) is 14.4. The molecule has 2 aromatic rings. The molecule has 0 atom stereocenters. The quantitative estimate of drug-likeness (QED) is 0.845. The second-order valence-electron chi connectivity index (χ2n) is 6.25. The van der Waals surface area contributed by atoms with Crippen molar-refractivity contribution in [2.75, 3.05) is 5.32 Å². The Hall–Kier alpha value is -2.07. The molecule has 1 fully saturated rings. The van der Waals surface area contributed by atoms with E-state index in [9.17, 15) is 4.79 Å². The standard InChI is InChI=1S/C19H22ClN3O/c20-16-8-6-14(7-9-16)11-22-19(24)15-10-18(13-21-12-15)23-17-4-2-1-3-5-17/h6-10,12-13,17,23H,1-5,11H2,(H,22,24). The lowest BCUT2D eigenvalue weighted by Crippen LogP contribution is -2.24. The van der Waals surface area contributed by atoms with Gasteiger partial charge >= 0.3 is 0 Å². The lowest BCUT2D eigenvalue weighted by atomic mass is 9.95. The Bertz CT molecular complexity index is 681. The first-order valence-corrected chi connectivity index (χ1v) is 8.83. The average molecular weight is 344 g/mol. The number of nitrogens with zero attached hydrogens (tertiary/aromatic N) is 1. The molecule has 0 spiro atoms. The number of benzene rings is 1. The highest BCUT2D eigenvalue weighted by Crippen LogP contribution is 2.21. The molecule has 1 aromatic heterocycles. The van der Waals surface area contributed by atoms with Crippen LogP contribution in [-0.2, 0) is 6.54 Å². The maximum atomic E-state index is 12.3. The van der Waals surface area contributed by atoms with Crippen molar-refractivity contribution in [2.45, 2.75) is 44.7 Å². The van der Waals surface area contributed by atoms with Crippen molar-refractivity contribution in [3.8, 4) is 0 Å². The van der Waals surface area contributed by atoms with Gasteiger partial charge in [0.1, 0.15) is 0 Å². The van der Waals surface area contributed by atoms with Gasteiger partial charge in [-0.3, -0.25) is 9.78 Å². The molecular formula is C19H22ClN3O. The first-order valence-electron chi connectivity index (χ1n) is 8.45. The summed E-state index contributed by atoms with van der Waals surface area (Å²) in [6, 6.07) is 9.81. The van der Waals surface area contributed by atoms with Gasteiger partial charge in [0.05, 0.1) is 11.3 Å². The summed E-state index contributed by atoms with van der Waals surface area (Å²) in [5.74, 6) is -0.121. The van der Waals surface area contributed by atoms with Crippen LogP contribution in [0.25, 0.3) is 0 Å². The number of hydrogen-bond acceptors (Lipinski definition) is 3. The number of nitrogens with one attached hydrogen (secondary N) is 2. The van der Waals surface area contributed by atoms with E-state index in [1.165, 1.54) is 32.1 Å². The maximum absolute atomic E-state index is 12.3. The molecule has 1 amide bonds. The lowest BCUT2D eigenvalue weighted by Gasteiger charge is -2.23. The fraction of sp³-hybridized carbons (Fsp3) is 0.368. The zero-order chi connectivity index (χ0) is 16.8. The van der Waals surface area contributed by atoms with Crippen molar-refractivity contribution < 1.29 is 4.79 Å². The van der Waals surface area contributed by atoms with Crippen LogP contribution in [0.15, 0.2) is 42.7 Å². The van der Waals surface area contributed by atoms with Crippen molar-refractivity contribution >= 4 is 23.2 Å². The second kappa shape index (κ2) is 8.15. The minimum absolute atomic E-state index is 0.121. The van der Waals surface area contributed by atoms with E-state index in [2.05, 4.69) is 15.6 Å². The topological polar surface area (TPSA) is 54.0 Å². The van der Waals surface area contributed by atoms with Crippen molar-refractivity contribution in [1.82, 2.24) is 10.3 Å². The van der Waals surface area contributed by atoms with Crippen molar-refractivity contribution in [3.05, 3.63) is 58.9 Å². The summed E-state index contributed by atoms with van der Waals surface area (Å²) in [6.45, 7) is 0.469. The average Bonchev–Trinajstić information content (AvgIpc) is 2.62. The number of pyridine rings is 1. The molecule has 24 heavy (non-hydrogen) atoms. The molecule has 0 aliphatic heterocycles. The van der Waals surface area contributed by atoms with Gasteiger partial charge in [0, 0.05) is 30.0 Å². The maximum Gasteiger partial charge on any atom is 0.253 e. The Kier molecular flexibility index (Phi) is 5.70. The SMILES string of the molecule is O=C(NCc1ccc(Cl)cc1)c1cncc(NC2CCCCC2)c1. The first-order chi connectivity index (χ1) is 11.7. The van der Waals surface area contributed by atoms with E-state index in [4.69, 9.17) is 11.6 Å². The summed E-state index contributed by atoms with van der Waals surface area (Å²) in [7, 11) is 0. The van der Waals surface area contributed by atoms with E-state index in [0.717, 1.165) is 11.3 Å². The second-order valence-corrected chi connectivity index (χ2v) is 6.69. The summed E-state index contributed by atoms with van der Waals surface area (Å²) < 4.78 is 0. The zero-order valence-electron chi connectivity index (χ0n) is 13.6. The molecule has 0 unspecified atom stereocenters. The van der Waals surface area contributed by atoms with Gasteiger partial charge in [-0.25, -0.2) is 0 Å². The molecule has 1 saturated carbocycles. The molecule has 4 nitrogen and oxygen atoms in total. The number of anilines is 1. The van der Waals surface area contributed by atoms with Gasteiger partial charge in [-0.1, -0.05) is 43.0 Å². The van der Waals surface area contributed by atoms with Gasteiger partial charge in [0.25, 0.3) is 5.91 Å². The van der Waals surface area contributed by atoms with Gasteiger partial charge in [0.2, 0.25) is 0 Å². The number of halogens is 1. The monoisotopic (exact) mass is 343 g/mol. The van der Waals surface area contributed by atoms with Crippen molar-refractivity contribution in [1.29, 1.82) is 0 Å². The Morgan fingerprint density at radius 1 is 1.12 bits per heavy atom. The molecular weight excluding hydrogens is 322 g/mol. The van der Waals surface area contributed by atoms with Crippen LogP contribution in [0.4, 0.5) is 5.69 Å². The number of rotatable bonds is 5. The Morgan fingerprint density at radius 2 is 1.88 bits per heavy atom. The highest BCUT2D eigenvalue weighted by molar-refractivity contribution is 6.30. The Morgan fingerprint density at radius 3 is 2.62 bits per heavy atom. The van der Waals surface area contributed by atoms with E-state index in [-0.39, 0.29) is 5.91 Å². The summed E-state index contributed by atoms with van der Waals surface area (Å²) in [4.78, 5) is 16.5. The molecule has 0 bridgehead atoms. The van der Waals surface area contributed by atoms with E-state index >= 15 is 0 Å². The molecule has 1 aliphatic rings. The predicted octanol–water partition coefficient (Wildman–Crippen LogP) is 4.41. The summed E-state index contributed by atoms with van der Waals surface area (Å²) in [6.07, 6.45) is 9.62. The third-order valence-corrected chi connectivity index (χ3v) is 4.59. The Labute approximate surface area is 147 Å². The molecule has 2 N–H and O–H groups in total. The van der Waals surface area contributed by atoms with E-state index in [0.29, 0.717) is 23.2 Å². The Balaban J connectivity index is 1.58. The molecule has 1 aromatic carbocycles. The minimum Gasteiger partial charge on any atom is -0.381 e. The van der Waals surface area contributed by atoms with E-state index < -0.39 is 0 Å². The number of carbonyl (C=O) groups excluding carboxylic acids is 1. The molecule has 1 heterocycles. The van der Waals surface area contributed by atoms with Gasteiger partial charge in [0.15, 0.2) is 0 Å². The normalized spacial score (nSPS) is 15.0. The van der Waals surface area contributed by atoms with Gasteiger partial charge in [-0.2, -0.15) is 0 Å². The van der Waals surface area contributed by atoms with Crippen LogP contribution in [0, 0.1) is 0 Å². The van der Waals surface area contributed by atoms with Crippen LogP contribution < -0.4 is 10.6 Å². The summed E-state index contributed by atoms with van der Waals surface area (Å²) >= 11 is 5.87. The number of hydrogen-bond donors (Lipinski definition) is 2. The highest BCUT2D eigenvalue weighted by atomic mass is 35.5. The van der Waals surface area contributed by atoms with Gasteiger partial charge in [-0.05, 0) is 36.6 Å². The summed E-state index contributed by atoms with van der Waals surface area (Å²) in [5.41, 5.74) is 2.50. The molecule has 5 heteroatoms. The third kappa shape index (κ3) is 4.71. The number of amides is 1. The first kappa shape index (κ1) is 16.8.